The van der Waals surface area contributed by atoms with Gasteiger partial charge in [-0.25, -0.2) is 0 Å². The van der Waals surface area contributed by atoms with Crippen LogP contribution in [0.1, 0.15) is 38.3 Å². The molecule has 0 amide bonds. The van der Waals surface area contributed by atoms with Crippen molar-refractivity contribution in [2.75, 3.05) is 12.8 Å². The first kappa shape index (κ1) is 14.3. The first-order valence-electron chi connectivity index (χ1n) is 6.06. The van der Waals surface area contributed by atoms with Gasteiger partial charge >= 0.3 is 0 Å². The van der Waals surface area contributed by atoms with Gasteiger partial charge in [0.1, 0.15) is 5.78 Å². The quantitative estimate of drug-likeness (QED) is 0.753. The van der Waals surface area contributed by atoms with Gasteiger partial charge in [-0.2, -0.15) is 0 Å². The molecule has 0 heterocycles. The summed E-state index contributed by atoms with van der Waals surface area (Å²) in [6.45, 7) is 3.80. The van der Waals surface area contributed by atoms with Crippen LogP contribution in [0.3, 0.4) is 0 Å². The van der Waals surface area contributed by atoms with E-state index in [1.54, 1.807) is 6.92 Å². The number of hydrogen-bond donors (Lipinski definition) is 1. The van der Waals surface area contributed by atoms with Crippen molar-refractivity contribution in [2.24, 2.45) is 0 Å². The van der Waals surface area contributed by atoms with Gasteiger partial charge in [0.2, 0.25) is 0 Å². The van der Waals surface area contributed by atoms with Gasteiger partial charge in [0.15, 0.2) is 0 Å². The molecule has 1 atom stereocenters. The van der Waals surface area contributed by atoms with Crippen LogP contribution in [0.15, 0.2) is 29.2 Å². The zero-order valence-corrected chi connectivity index (χ0v) is 11.6. The number of nitrogens with one attached hydrogen (secondary N) is 1. The molecule has 0 bridgehead atoms. The second-order valence-corrected chi connectivity index (χ2v) is 5.42. The summed E-state index contributed by atoms with van der Waals surface area (Å²) in [5, 5.41) is 3.27. The molecule has 0 aromatic heterocycles. The third kappa shape index (κ3) is 4.92. The number of ketones is 1. The molecule has 17 heavy (non-hydrogen) atoms. The highest BCUT2D eigenvalue weighted by atomic mass is 32.2. The molecule has 0 spiro atoms. The smallest absolute Gasteiger partial charge is 0.129 e. The molecular formula is C14H21NOS. The van der Waals surface area contributed by atoms with Crippen LogP contribution in [-0.2, 0) is 4.79 Å². The lowest BCUT2D eigenvalue weighted by atomic mass is 10.0. The van der Waals surface area contributed by atoms with E-state index in [1.807, 2.05) is 18.8 Å². The maximum absolute atomic E-state index is 11.0. The Balaban J connectivity index is 2.64. The van der Waals surface area contributed by atoms with Gasteiger partial charge in [0, 0.05) is 17.4 Å². The van der Waals surface area contributed by atoms with Gasteiger partial charge < -0.3 is 10.1 Å². The van der Waals surface area contributed by atoms with E-state index in [0.29, 0.717) is 6.42 Å². The Morgan fingerprint density at radius 3 is 2.47 bits per heavy atom. The molecule has 0 radical (unpaired) electrons. The first-order valence-corrected chi connectivity index (χ1v) is 7.05. The molecule has 0 aliphatic carbocycles. The largest absolute Gasteiger partial charge is 0.313 e. The molecule has 2 nitrogen and oxygen atoms in total. The van der Waals surface area contributed by atoms with Crippen molar-refractivity contribution in [3.8, 4) is 0 Å². The molecule has 0 saturated heterocycles. The summed E-state index contributed by atoms with van der Waals surface area (Å²) in [6, 6.07) is 8.89. The highest BCUT2D eigenvalue weighted by Gasteiger charge is 2.09. The van der Waals surface area contributed by atoms with Crippen molar-refractivity contribution in [3.05, 3.63) is 29.8 Å². The topological polar surface area (TPSA) is 29.1 Å². The maximum Gasteiger partial charge on any atom is 0.129 e. The predicted octanol–water partition coefficient (Wildman–Crippen LogP) is 3.43. The van der Waals surface area contributed by atoms with Crippen molar-refractivity contribution in [1.29, 1.82) is 0 Å². The van der Waals surface area contributed by atoms with Crippen LogP contribution in [0.25, 0.3) is 0 Å². The minimum absolute atomic E-state index is 0.253. The van der Waals surface area contributed by atoms with E-state index in [2.05, 4.69) is 36.5 Å². The number of rotatable bonds is 7. The molecule has 0 fully saturated rings. The fourth-order valence-electron chi connectivity index (χ4n) is 1.79. The van der Waals surface area contributed by atoms with E-state index in [-0.39, 0.29) is 11.8 Å². The Bertz CT molecular complexity index is 348. The Morgan fingerprint density at radius 2 is 2.00 bits per heavy atom. The number of Topliss-reactive ketones (excluding diaryl/α,β-unsaturated/α-hetero) is 1. The average molecular weight is 251 g/mol. The molecule has 1 aromatic rings. The molecule has 94 valence electrons. The summed E-state index contributed by atoms with van der Waals surface area (Å²) in [4.78, 5) is 12.3. The highest BCUT2D eigenvalue weighted by molar-refractivity contribution is 7.99. The van der Waals surface area contributed by atoms with Gasteiger partial charge in [-0.15, -0.1) is 11.8 Å². The lowest BCUT2D eigenvalue weighted by Gasteiger charge is -2.16. The van der Waals surface area contributed by atoms with E-state index < -0.39 is 0 Å². The second kappa shape index (κ2) is 7.51. The summed E-state index contributed by atoms with van der Waals surface area (Å²) in [5.74, 6) is 1.35. The fourth-order valence-corrected chi connectivity index (χ4v) is 2.45. The Labute approximate surface area is 108 Å². The predicted molar refractivity (Wildman–Crippen MR) is 74.6 cm³/mol. The Kier molecular flexibility index (Phi) is 6.30. The van der Waals surface area contributed by atoms with Gasteiger partial charge in [-0.3, -0.25) is 0 Å². The average Bonchev–Trinajstić information content (AvgIpc) is 2.32. The molecule has 1 N–H and O–H groups in total. The minimum Gasteiger partial charge on any atom is -0.313 e. The summed E-state index contributed by atoms with van der Waals surface area (Å²) >= 11 is 1.85. The molecule has 1 unspecified atom stereocenters. The molecule has 1 aromatic carbocycles. The van der Waals surface area contributed by atoms with Crippen molar-refractivity contribution >= 4 is 17.5 Å². The van der Waals surface area contributed by atoms with Gasteiger partial charge in [0.25, 0.3) is 0 Å². The van der Waals surface area contributed by atoms with E-state index >= 15 is 0 Å². The summed E-state index contributed by atoms with van der Waals surface area (Å²) in [7, 11) is 1.94. The van der Waals surface area contributed by atoms with E-state index in [9.17, 15) is 4.79 Å². The van der Waals surface area contributed by atoms with E-state index in [0.717, 1.165) is 12.2 Å². The summed E-state index contributed by atoms with van der Waals surface area (Å²) in [5.41, 5.74) is 1.26. The van der Waals surface area contributed by atoms with Crippen LogP contribution in [-0.4, -0.2) is 18.6 Å². The fraction of sp³-hybridized carbons (Fsp3) is 0.500. The zero-order valence-electron chi connectivity index (χ0n) is 10.8. The second-order valence-electron chi connectivity index (χ2n) is 4.08. The van der Waals surface area contributed by atoms with Gasteiger partial charge in [0.05, 0.1) is 0 Å². The van der Waals surface area contributed by atoms with Crippen LogP contribution in [0.5, 0.6) is 0 Å². The van der Waals surface area contributed by atoms with Crippen molar-refractivity contribution < 1.29 is 4.79 Å². The van der Waals surface area contributed by atoms with Crippen LogP contribution in [0.4, 0.5) is 0 Å². The van der Waals surface area contributed by atoms with Crippen LogP contribution in [0, 0.1) is 0 Å². The van der Waals surface area contributed by atoms with Crippen LogP contribution >= 0.6 is 11.8 Å². The summed E-state index contributed by atoms with van der Waals surface area (Å²) < 4.78 is 0. The standard InChI is InChI=1S/C14H21NOS/c1-4-17-13-8-6-12(7-9-13)14(15-3)10-5-11(2)16/h6-9,14-15H,4-5,10H2,1-3H3. The van der Waals surface area contributed by atoms with Crippen LogP contribution in [0.2, 0.25) is 0 Å². The van der Waals surface area contributed by atoms with Crippen molar-refractivity contribution in [3.63, 3.8) is 0 Å². The first-order chi connectivity index (χ1) is 8.17. The number of thioether (sulfide) groups is 1. The molecule has 0 aliphatic rings. The molecule has 0 aliphatic heterocycles. The van der Waals surface area contributed by atoms with Gasteiger partial charge in [-0.1, -0.05) is 19.1 Å². The minimum atomic E-state index is 0.253. The van der Waals surface area contributed by atoms with Crippen molar-refractivity contribution in [2.45, 2.75) is 37.6 Å². The number of benzene rings is 1. The maximum atomic E-state index is 11.0. The molecular weight excluding hydrogens is 230 g/mol. The third-order valence-corrected chi connectivity index (χ3v) is 3.62. The van der Waals surface area contributed by atoms with Gasteiger partial charge in [-0.05, 0) is 43.8 Å². The lowest BCUT2D eigenvalue weighted by Crippen LogP contribution is -2.17. The number of hydrogen-bond acceptors (Lipinski definition) is 3. The molecule has 0 saturated carbocycles. The van der Waals surface area contributed by atoms with Crippen LogP contribution < -0.4 is 5.32 Å². The molecule has 1 rings (SSSR count). The number of carbonyl (C=O) groups excluding carboxylic acids is 1. The normalized spacial score (nSPS) is 12.4. The summed E-state index contributed by atoms with van der Waals surface area (Å²) in [6.07, 6.45) is 1.50. The highest BCUT2D eigenvalue weighted by Crippen LogP contribution is 2.23. The van der Waals surface area contributed by atoms with Crippen molar-refractivity contribution in [1.82, 2.24) is 5.32 Å². The monoisotopic (exact) mass is 251 g/mol. The molecule has 3 heteroatoms. The lowest BCUT2D eigenvalue weighted by molar-refractivity contribution is -0.117. The third-order valence-electron chi connectivity index (χ3n) is 2.73. The zero-order chi connectivity index (χ0) is 12.7. The SMILES string of the molecule is CCSc1ccc(C(CCC(C)=O)NC)cc1. The van der Waals surface area contributed by atoms with E-state index in [4.69, 9.17) is 0 Å². The Hall–Kier alpha value is -0.800. The van der Waals surface area contributed by atoms with E-state index in [1.165, 1.54) is 10.5 Å². The number of carbonyl (C=O) groups is 1. The Morgan fingerprint density at radius 1 is 1.35 bits per heavy atom.